The molecule has 2 saturated heterocycles. The van der Waals surface area contributed by atoms with E-state index in [4.69, 9.17) is 4.74 Å². The van der Waals surface area contributed by atoms with Crippen LogP contribution in [-0.2, 0) is 11.2 Å². The second-order valence-electron chi connectivity index (χ2n) is 10.0. The van der Waals surface area contributed by atoms with Gasteiger partial charge in [-0.25, -0.2) is 8.78 Å². The number of hydrogen-bond donors (Lipinski definition) is 2. The van der Waals surface area contributed by atoms with Crippen molar-refractivity contribution < 1.29 is 31.5 Å². The van der Waals surface area contributed by atoms with Crippen LogP contribution in [0.25, 0.3) is 0 Å². The molecular formula is C25H27F5N4O2. The van der Waals surface area contributed by atoms with Gasteiger partial charge in [0.15, 0.2) is 5.75 Å². The van der Waals surface area contributed by atoms with Gasteiger partial charge in [-0.1, -0.05) is 6.07 Å². The number of halogens is 5. The van der Waals surface area contributed by atoms with Crippen molar-refractivity contribution in [3.05, 3.63) is 52.6 Å². The first-order chi connectivity index (χ1) is 17.1. The van der Waals surface area contributed by atoms with Gasteiger partial charge in [-0.2, -0.15) is 13.2 Å². The van der Waals surface area contributed by atoms with Crippen LogP contribution < -0.4 is 20.3 Å². The van der Waals surface area contributed by atoms with E-state index in [9.17, 15) is 18.0 Å². The molecule has 0 aromatic heterocycles. The van der Waals surface area contributed by atoms with Crippen molar-refractivity contribution >= 4 is 17.8 Å². The second kappa shape index (κ2) is 8.88. The topological polar surface area (TPSA) is 56.8 Å². The van der Waals surface area contributed by atoms with Crippen LogP contribution in [0.3, 0.4) is 0 Å². The molecule has 194 valence electrons. The molecule has 0 amide bonds. The van der Waals surface area contributed by atoms with E-state index in [2.05, 4.69) is 10.6 Å². The fourth-order valence-electron chi connectivity index (χ4n) is 5.77. The van der Waals surface area contributed by atoms with E-state index in [1.54, 1.807) is 14.0 Å². The molecule has 2 fully saturated rings. The maximum Gasteiger partial charge on any atom is 0.401 e. The summed E-state index contributed by atoms with van der Waals surface area (Å²) in [5.74, 6) is -1.68. The number of carbonyl (C=O) groups excluding carboxylic acids is 1. The highest BCUT2D eigenvalue weighted by molar-refractivity contribution is 5.67. The number of carbonyl (C=O) groups is 1. The quantitative estimate of drug-likeness (QED) is 0.455. The minimum absolute atomic E-state index is 0.103. The van der Waals surface area contributed by atoms with Crippen LogP contribution >= 0.6 is 0 Å². The van der Waals surface area contributed by atoms with Crippen LogP contribution in [0.15, 0.2) is 24.3 Å². The minimum atomic E-state index is -4.59. The Kier molecular flexibility index (Phi) is 6.11. The Morgan fingerprint density at radius 1 is 1.19 bits per heavy atom. The zero-order chi connectivity index (χ0) is 25.8. The Balaban J connectivity index is 1.61. The van der Waals surface area contributed by atoms with Gasteiger partial charge in [-0.3, -0.25) is 9.69 Å². The summed E-state index contributed by atoms with van der Waals surface area (Å²) in [5.41, 5.74) is 1.20. The van der Waals surface area contributed by atoms with Crippen LogP contribution in [0.5, 0.6) is 5.75 Å². The zero-order valence-corrected chi connectivity index (χ0v) is 19.9. The molecule has 36 heavy (non-hydrogen) atoms. The molecule has 1 spiro atoms. The van der Waals surface area contributed by atoms with Crippen LogP contribution in [0, 0.1) is 17.0 Å². The lowest BCUT2D eigenvalue weighted by Gasteiger charge is -2.57. The van der Waals surface area contributed by atoms with Gasteiger partial charge in [0.25, 0.3) is 6.47 Å². The van der Waals surface area contributed by atoms with Gasteiger partial charge in [-0.15, -0.1) is 0 Å². The Morgan fingerprint density at radius 2 is 1.86 bits per heavy atom. The third-order valence-corrected chi connectivity index (χ3v) is 7.54. The van der Waals surface area contributed by atoms with E-state index in [1.165, 1.54) is 24.3 Å². The van der Waals surface area contributed by atoms with Crippen LogP contribution in [0.4, 0.5) is 33.3 Å². The van der Waals surface area contributed by atoms with Crippen molar-refractivity contribution in [1.29, 1.82) is 0 Å². The molecule has 3 aliphatic rings. The number of nitrogens with one attached hydrogen (secondary N) is 2. The third kappa shape index (κ3) is 4.17. The number of alkyl halides is 3. The number of fused-ring (bicyclic) bond motifs is 1. The number of benzene rings is 2. The molecule has 6 nitrogen and oxygen atoms in total. The monoisotopic (exact) mass is 510 g/mol. The molecule has 3 aliphatic heterocycles. The van der Waals surface area contributed by atoms with Crippen molar-refractivity contribution in [1.82, 2.24) is 10.2 Å². The zero-order valence-electron chi connectivity index (χ0n) is 19.9. The summed E-state index contributed by atoms with van der Waals surface area (Å²) in [6, 6.07) is 3.36. The molecule has 2 N–H and O–H groups in total. The molecular weight excluding hydrogens is 483 g/mol. The van der Waals surface area contributed by atoms with E-state index in [0.717, 1.165) is 18.0 Å². The number of hydrogen-bond acceptors (Lipinski definition) is 6. The van der Waals surface area contributed by atoms with E-state index >= 15 is 8.78 Å². The average Bonchev–Trinajstić information content (AvgIpc) is 2.73. The molecule has 0 bridgehead atoms. The lowest BCUT2D eigenvalue weighted by molar-refractivity contribution is -0.155. The number of nitrogens with zero attached hydrogens (tertiary/aromatic N) is 2. The molecule has 2 atom stereocenters. The van der Waals surface area contributed by atoms with E-state index in [-0.39, 0.29) is 29.6 Å². The minimum Gasteiger partial charge on any atom is -0.426 e. The molecule has 0 saturated carbocycles. The van der Waals surface area contributed by atoms with Gasteiger partial charge in [0.2, 0.25) is 0 Å². The maximum absolute atomic E-state index is 15.6. The summed E-state index contributed by atoms with van der Waals surface area (Å²) in [7, 11) is 1.61. The van der Waals surface area contributed by atoms with Gasteiger partial charge < -0.3 is 20.3 Å². The summed E-state index contributed by atoms with van der Waals surface area (Å²) in [6.45, 7) is 3.49. The van der Waals surface area contributed by atoms with Gasteiger partial charge in [0.1, 0.15) is 11.6 Å². The predicted molar refractivity (Wildman–Crippen MR) is 124 cm³/mol. The summed E-state index contributed by atoms with van der Waals surface area (Å²) in [4.78, 5) is 14.1. The second-order valence-corrected chi connectivity index (χ2v) is 10.0. The lowest BCUT2D eigenvalue weighted by atomic mass is 9.74. The maximum atomic E-state index is 15.6. The number of anilines is 2. The molecule has 3 heterocycles. The molecule has 5 rings (SSSR count). The Bertz CT molecular complexity index is 1150. The molecule has 11 heteroatoms. The van der Waals surface area contributed by atoms with E-state index < -0.39 is 42.0 Å². The third-order valence-electron chi connectivity index (χ3n) is 7.54. The summed E-state index contributed by atoms with van der Waals surface area (Å²) >= 11 is 0. The molecule has 0 aliphatic carbocycles. The number of ether oxygens (including phenoxy) is 1. The van der Waals surface area contributed by atoms with Crippen molar-refractivity contribution in [2.45, 2.75) is 31.6 Å². The van der Waals surface area contributed by atoms with Crippen molar-refractivity contribution in [3.63, 3.8) is 0 Å². The fraction of sp³-hybridized carbons (Fsp3) is 0.480. The van der Waals surface area contributed by atoms with E-state index in [0.29, 0.717) is 30.0 Å². The fourth-order valence-corrected chi connectivity index (χ4v) is 5.77. The van der Waals surface area contributed by atoms with Crippen LogP contribution in [-0.4, -0.2) is 63.4 Å². The van der Waals surface area contributed by atoms with Crippen molar-refractivity contribution in [2.24, 2.45) is 5.41 Å². The average molecular weight is 511 g/mol. The first kappa shape index (κ1) is 24.8. The smallest absolute Gasteiger partial charge is 0.401 e. The molecule has 2 aromatic rings. The highest BCUT2D eigenvalue weighted by Crippen LogP contribution is 2.47. The highest BCUT2D eigenvalue weighted by atomic mass is 19.4. The number of rotatable bonds is 6. The lowest BCUT2D eigenvalue weighted by Crippen LogP contribution is -2.71. The first-order valence-electron chi connectivity index (χ1n) is 11.8. The standard InChI is InChI=1S/C25H27F5N4O2/c1-14-5-17-16(3-4-20(31-2)23(17)36-13-35)22(34(14)12-25(28,29)30)21-18(26)6-15(7-19(21)27)33-10-24(11-33)8-32-9-24/h3-4,6-7,13-14,22,31-32H,5,8-12H2,1-2H3/t14-,22+/m1/s1. The predicted octanol–water partition coefficient (Wildman–Crippen LogP) is 3.85. The highest BCUT2D eigenvalue weighted by Gasteiger charge is 2.48. The summed E-state index contributed by atoms with van der Waals surface area (Å²) in [6.07, 6.45) is -4.49. The molecule has 0 radical (unpaired) electrons. The summed E-state index contributed by atoms with van der Waals surface area (Å²) in [5, 5.41) is 6.09. The normalized spacial score (nSPS) is 23.0. The summed E-state index contributed by atoms with van der Waals surface area (Å²) < 4.78 is 77.3. The van der Waals surface area contributed by atoms with Crippen molar-refractivity contribution in [3.8, 4) is 5.75 Å². The van der Waals surface area contributed by atoms with Crippen LogP contribution in [0.2, 0.25) is 0 Å². The Hall–Kier alpha value is -2.92. The molecule has 2 aromatic carbocycles. The van der Waals surface area contributed by atoms with Gasteiger partial charge in [0.05, 0.1) is 18.3 Å². The van der Waals surface area contributed by atoms with Crippen molar-refractivity contribution in [2.75, 3.05) is 50.0 Å². The van der Waals surface area contributed by atoms with Crippen LogP contribution in [0.1, 0.15) is 29.7 Å². The largest absolute Gasteiger partial charge is 0.426 e. The van der Waals surface area contributed by atoms with Gasteiger partial charge in [0, 0.05) is 61.5 Å². The van der Waals surface area contributed by atoms with Gasteiger partial charge >= 0.3 is 6.18 Å². The van der Waals surface area contributed by atoms with Gasteiger partial charge in [-0.05, 0) is 37.1 Å². The molecule has 0 unspecified atom stereocenters. The Labute approximate surface area is 205 Å². The Morgan fingerprint density at radius 3 is 2.39 bits per heavy atom. The SMILES string of the molecule is CNc1ccc2c(c1OC=O)C[C@@H](C)N(CC(F)(F)F)[C@@H]2c1c(F)cc(N2CC3(CNC3)C2)cc1F. The van der Waals surface area contributed by atoms with E-state index in [1.807, 2.05) is 4.90 Å². The first-order valence-corrected chi connectivity index (χ1v) is 11.8.